The standard InChI is InChI=1S/C34H30N4O3S/c1-21-12-13-24(33(39)40)20-30(21)37-22(2)19-28(23(37)3)32-31(29-11-7-8-18-35-29)36-34(42)38(32)25-14-16-27(17-15-25)41-26-9-5-4-6-10-26/h4-20,31-32H,1-3H3,(H,36,42)(H,39,40)/t31-,32-/m0/s1. The number of carbonyl (C=O) groups is 1. The molecule has 1 saturated heterocycles. The van der Waals surface area contributed by atoms with Crippen molar-refractivity contribution in [2.75, 3.05) is 4.90 Å². The number of thiocarbonyl (C=S) groups is 1. The molecule has 8 heteroatoms. The van der Waals surface area contributed by atoms with Crippen molar-refractivity contribution in [3.63, 3.8) is 0 Å². The molecule has 1 aliphatic heterocycles. The van der Waals surface area contributed by atoms with E-state index in [2.05, 4.69) is 32.8 Å². The Labute approximate surface area is 250 Å². The van der Waals surface area contributed by atoms with Crippen molar-refractivity contribution in [2.24, 2.45) is 0 Å². The summed E-state index contributed by atoms with van der Waals surface area (Å²) in [5.41, 5.74) is 6.95. The molecule has 7 nitrogen and oxygen atoms in total. The van der Waals surface area contributed by atoms with Crippen LogP contribution in [0.15, 0.2) is 103 Å². The van der Waals surface area contributed by atoms with Gasteiger partial charge in [0, 0.05) is 29.0 Å². The summed E-state index contributed by atoms with van der Waals surface area (Å²) in [4.78, 5) is 18.6. The minimum atomic E-state index is -0.953. The summed E-state index contributed by atoms with van der Waals surface area (Å²) in [5, 5.41) is 13.8. The van der Waals surface area contributed by atoms with Crippen LogP contribution in [0.1, 0.15) is 50.7 Å². The summed E-state index contributed by atoms with van der Waals surface area (Å²) in [6.07, 6.45) is 1.79. The Hall–Kier alpha value is -4.95. The number of pyridine rings is 1. The van der Waals surface area contributed by atoms with Gasteiger partial charge in [0.2, 0.25) is 0 Å². The lowest BCUT2D eigenvalue weighted by Crippen LogP contribution is -2.29. The van der Waals surface area contributed by atoms with Gasteiger partial charge >= 0.3 is 5.97 Å². The van der Waals surface area contributed by atoms with Gasteiger partial charge in [-0.15, -0.1) is 0 Å². The third kappa shape index (κ3) is 5.01. The summed E-state index contributed by atoms with van der Waals surface area (Å²) in [7, 11) is 0. The van der Waals surface area contributed by atoms with Crippen molar-refractivity contribution in [3.8, 4) is 17.2 Å². The Balaban J connectivity index is 1.44. The van der Waals surface area contributed by atoms with Gasteiger partial charge in [0.1, 0.15) is 11.5 Å². The number of hydrogen-bond acceptors (Lipinski definition) is 4. The van der Waals surface area contributed by atoms with E-state index in [0.29, 0.717) is 5.11 Å². The second kappa shape index (κ2) is 11.1. The van der Waals surface area contributed by atoms with Crippen LogP contribution in [0, 0.1) is 20.8 Å². The zero-order chi connectivity index (χ0) is 29.4. The minimum Gasteiger partial charge on any atom is -0.478 e. The Morgan fingerprint density at radius 3 is 2.31 bits per heavy atom. The van der Waals surface area contributed by atoms with Crippen LogP contribution in [-0.2, 0) is 0 Å². The molecule has 2 N–H and O–H groups in total. The van der Waals surface area contributed by atoms with Gasteiger partial charge in [0.15, 0.2) is 5.11 Å². The lowest BCUT2D eigenvalue weighted by molar-refractivity contribution is 0.0697. The number of ether oxygens (including phenoxy) is 1. The van der Waals surface area contributed by atoms with E-state index in [0.717, 1.165) is 51.1 Å². The second-order valence-corrected chi connectivity index (χ2v) is 10.8. The number of anilines is 1. The van der Waals surface area contributed by atoms with E-state index >= 15 is 0 Å². The van der Waals surface area contributed by atoms with Crippen LogP contribution < -0.4 is 15.0 Å². The van der Waals surface area contributed by atoms with Crippen LogP contribution in [0.2, 0.25) is 0 Å². The third-order valence-corrected chi connectivity index (χ3v) is 7.99. The highest BCUT2D eigenvalue weighted by Gasteiger charge is 2.42. The van der Waals surface area contributed by atoms with Crippen LogP contribution in [0.3, 0.4) is 0 Å². The normalized spacial score (nSPS) is 16.4. The molecule has 6 rings (SSSR count). The van der Waals surface area contributed by atoms with E-state index in [9.17, 15) is 9.90 Å². The van der Waals surface area contributed by atoms with Gasteiger partial charge in [0.05, 0.1) is 23.3 Å². The Morgan fingerprint density at radius 1 is 0.905 bits per heavy atom. The molecule has 1 aliphatic rings. The van der Waals surface area contributed by atoms with Crippen LogP contribution in [-0.4, -0.2) is 25.7 Å². The van der Waals surface area contributed by atoms with E-state index < -0.39 is 5.97 Å². The fourth-order valence-electron chi connectivity index (χ4n) is 5.69. The predicted molar refractivity (Wildman–Crippen MR) is 168 cm³/mol. The van der Waals surface area contributed by atoms with E-state index in [1.165, 1.54) is 0 Å². The minimum absolute atomic E-state index is 0.209. The highest BCUT2D eigenvalue weighted by Crippen LogP contribution is 2.44. The highest BCUT2D eigenvalue weighted by atomic mass is 32.1. The van der Waals surface area contributed by atoms with Crippen LogP contribution >= 0.6 is 12.2 Å². The molecule has 0 radical (unpaired) electrons. The second-order valence-electron chi connectivity index (χ2n) is 10.4. The summed E-state index contributed by atoms with van der Waals surface area (Å²) in [6, 6.07) is 30.5. The Kier molecular flexibility index (Phi) is 7.22. The SMILES string of the molecule is Cc1ccc(C(=O)O)cc1-n1c(C)cc([C@H]2[C@H](c3ccccn3)NC(=S)N2c2ccc(Oc3ccccc3)cc2)c1C. The van der Waals surface area contributed by atoms with Gasteiger partial charge in [-0.2, -0.15) is 0 Å². The van der Waals surface area contributed by atoms with Crippen molar-refractivity contribution in [1.82, 2.24) is 14.9 Å². The molecule has 3 heterocycles. The van der Waals surface area contributed by atoms with Crippen LogP contribution in [0.4, 0.5) is 5.69 Å². The number of benzene rings is 3. The molecule has 0 saturated carbocycles. The zero-order valence-corrected chi connectivity index (χ0v) is 24.3. The molecular weight excluding hydrogens is 544 g/mol. The topological polar surface area (TPSA) is 79.6 Å². The summed E-state index contributed by atoms with van der Waals surface area (Å²) < 4.78 is 8.16. The molecule has 1 fully saturated rings. The molecular formula is C34H30N4O3S. The molecule has 0 spiro atoms. The number of nitrogens with one attached hydrogen (secondary N) is 1. The van der Waals surface area contributed by atoms with Gasteiger partial charge in [-0.1, -0.05) is 30.3 Å². The van der Waals surface area contributed by atoms with Crippen molar-refractivity contribution < 1.29 is 14.6 Å². The first-order chi connectivity index (χ1) is 20.3. The van der Waals surface area contributed by atoms with Crippen molar-refractivity contribution in [1.29, 1.82) is 0 Å². The summed E-state index contributed by atoms with van der Waals surface area (Å²) in [6.45, 7) is 6.11. The lowest BCUT2D eigenvalue weighted by Gasteiger charge is -2.28. The molecule has 5 aromatic rings. The van der Waals surface area contributed by atoms with E-state index in [1.54, 1.807) is 18.3 Å². The first-order valence-electron chi connectivity index (χ1n) is 13.7. The summed E-state index contributed by atoms with van der Waals surface area (Å²) in [5.74, 6) is 0.546. The number of aryl methyl sites for hydroxylation is 2. The monoisotopic (exact) mass is 574 g/mol. The zero-order valence-electron chi connectivity index (χ0n) is 23.5. The largest absolute Gasteiger partial charge is 0.478 e. The fourth-order valence-corrected chi connectivity index (χ4v) is 6.04. The quantitative estimate of drug-likeness (QED) is 0.195. The maximum atomic E-state index is 11.8. The summed E-state index contributed by atoms with van der Waals surface area (Å²) >= 11 is 5.94. The van der Waals surface area contributed by atoms with Crippen molar-refractivity contribution >= 4 is 29.0 Å². The number of nitrogens with zero attached hydrogens (tertiary/aromatic N) is 3. The molecule has 3 aromatic carbocycles. The van der Waals surface area contributed by atoms with E-state index in [1.807, 2.05) is 92.7 Å². The number of hydrogen-bond donors (Lipinski definition) is 2. The molecule has 0 bridgehead atoms. The molecule has 2 atom stereocenters. The molecule has 0 unspecified atom stereocenters. The molecule has 2 aromatic heterocycles. The average molecular weight is 575 g/mol. The number of aromatic carboxylic acids is 1. The number of carboxylic acid groups (broad SMARTS) is 1. The molecule has 42 heavy (non-hydrogen) atoms. The predicted octanol–water partition coefficient (Wildman–Crippen LogP) is 7.47. The van der Waals surface area contributed by atoms with Crippen LogP contribution in [0.25, 0.3) is 5.69 Å². The average Bonchev–Trinajstić information content (AvgIpc) is 3.49. The first-order valence-corrected chi connectivity index (χ1v) is 14.1. The van der Waals surface area contributed by atoms with Gasteiger partial charge in [-0.05, 0) is 111 Å². The van der Waals surface area contributed by atoms with Gasteiger partial charge < -0.3 is 24.6 Å². The highest BCUT2D eigenvalue weighted by molar-refractivity contribution is 7.80. The number of para-hydroxylation sites is 1. The van der Waals surface area contributed by atoms with Crippen molar-refractivity contribution in [3.05, 3.63) is 137 Å². The Morgan fingerprint density at radius 2 is 1.62 bits per heavy atom. The molecule has 0 amide bonds. The van der Waals surface area contributed by atoms with E-state index in [4.69, 9.17) is 17.0 Å². The lowest BCUT2D eigenvalue weighted by atomic mass is 9.96. The first kappa shape index (κ1) is 27.2. The van der Waals surface area contributed by atoms with Gasteiger partial charge in [-0.3, -0.25) is 4.98 Å². The fraction of sp³-hybridized carbons (Fsp3) is 0.147. The molecule has 210 valence electrons. The Bertz CT molecular complexity index is 1770. The smallest absolute Gasteiger partial charge is 0.335 e. The van der Waals surface area contributed by atoms with E-state index in [-0.39, 0.29) is 17.6 Å². The maximum Gasteiger partial charge on any atom is 0.335 e. The number of rotatable bonds is 7. The number of carboxylic acids is 1. The third-order valence-electron chi connectivity index (χ3n) is 7.68. The van der Waals surface area contributed by atoms with Gasteiger partial charge in [-0.25, -0.2) is 4.79 Å². The van der Waals surface area contributed by atoms with Gasteiger partial charge in [0.25, 0.3) is 0 Å². The molecule has 0 aliphatic carbocycles. The maximum absolute atomic E-state index is 11.8. The van der Waals surface area contributed by atoms with Crippen LogP contribution in [0.5, 0.6) is 11.5 Å². The number of aromatic nitrogens is 2. The van der Waals surface area contributed by atoms with Crippen molar-refractivity contribution in [2.45, 2.75) is 32.9 Å².